The molecule has 0 bridgehead atoms. The van der Waals surface area contributed by atoms with E-state index >= 15 is 4.39 Å². The molecular weight excluding hydrogens is 423 g/mol. The van der Waals surface area contributed by atoms with Gasteiger partial charge in [-0.3, -0.25) is 14.5 Å². The Morgan fingerprint density at radius 3 is 2.70 bits per heavy atom. The molecule has 3 aromatic heterocycles. The van der Waals surface area contributed by atoms with E-state index in [1.165, 1.54) is 12.4 Å². The van der Waals surface area contributed by atoms with Gasteiger partial charge in [0.15, 0.2) is 5.82 Å². The summed E-state index contributed by atoms with van der Waals surface area (Å²) < 4.78 is 16.7. The second-order valence-corrected chi connectivity index (χ2v) is 8.56. The quantitative estimate of drug-likeness (QED) is 0.410. The molecule has 168 valence electrons. The van der Waals surface area contributed by atoms with Crippen molar-refractivity contribution in [2.75, 3.05) is 16.8 Å². The first-order valence-electron chi connectivity index (χ1n) is 10.5. The molecule has 1 saturated carbocycles. The van der Waals surface area contributed by atoms with Crippen LogP contribution >= 0.6 is 0 Å². The minimum atomic E-state index is -0.560. The number of hydrogen-bond acceptors (Lipinski definition) is 7. The Balaban J connectivity index is 1.46. The monoisotopic (exact) mass is 446 g/mol. The summed E-state index contributed by atoms with van der Waals surface area (Å²) in [4.78, 5) is 21.3. The summed E-state index contributed by atoms with van der Waals surface area (Å²) in [5, 5.41) is 12.1. The molecule has 1 aliphatic carbocycles. The van der Waals surface area contributed by atoms with Gasteiger partial charge in [-0.1, -0.05) is 12.1 Å². The Morgan fingerprint density at radius 2 is 1.97 bits per heavy atom. The second-order valence-electron chi connectivity index (χ2n) is 8.56. The van der Waals surface area contributed by atoms with Crippen molar-refractivity contribution in [3.63, 3.8) is 0 Å². The molecule has 0 saturated heterocycles. The number of nitrogen functional groups attached to an aromatic ring is 2. The smallest absolute Gasteiger partial charge is 0.229 e. The molecule has 5 rings (SSSR count). The standard InChI is InChI=1S/C23H23FN8O/c1-10-14(6-27-8-16(10)25)13-4-12-5-18(28-7-15(12)22(26)21(13)24)29-23(33)20-11(2)19(20)17-9-32(3)31-30-17/h4-9,11,19-20H,25-26H2,1-3H3,(H,28,29,33)/t11-,19-,20+/m0/s1. The van der Waals surface area contributed by atoms with Crippen LogP contribution in [0.4, 0.5) is 21.6 Å². The summed E-state index contributed by atoms with van der Waals surface area (Å²) in [5.41, 5.74) is 14.8. The van der Waals surface area contributed by atoms with Crippen LogP contribution in [0, 0.1) is 24.6 Å². The number of fused-ring (bicyclic) bond motifs is 1. The zero-order chi connectivity index (χ0) is 23.4. The average molecular weight is 446 g/mol. The SMILES string of the molecule is Cc1c(N)cncc1-c1cc2cc(NC(=O)[C@@H]3[C@@H](C)[C@H]3c3cn(C)nn3)ncc2c(N)c1F. The van der Waals surface area contributed by atoms with Crippen molar-refractivity contribution in [2.24, 2.45) is 18.9 Å². The number of pyridine rings is 2. The second kappa shape index (κ2) is 7.51. The van der Waals surface area contributed by atoms with Gasteiger partial charge in [-0.25, -0.2) is 9.37 Å². The third kappa shape index (κ3) is 3.43. The fourth-order valence-electron chi connectivity index (χ4n) is 4.42. The molecule has 0 radical (unpaired) electrons. The Labute approximate surface area is 189 Å². The molecule has 0 aliphatic heterocycles. The van der Waals surface area contributed by atoms with E-state index < -0.39 is 5.82 Å². The number of aromatic nitrogens is 5. The van der Waals surface area contributed by atoms with Crippen LogP contribution in [0.25, 0.3) is 21.9 Å². The maximum Gasteiger partial charge on any atom is 0.229 e. The maximum absolute atomic E-state index is 15.1. The molecule has 0 unspecified atom stereocenters. The van der Waals surface area contributed by atoms with Crippen molar-refractivity contribution in [3.05, 3.63) is 54.0 Å². The minimum Gasteiger partial charge on any atom is -0.397 e. The minimum absolute atomic E-state index is 0.0202. The summed E-state index contributed by atoms with van der Waals surface area (Å²) in [5.74, 6) is -0.378. The number of rotatable bonds is 4. The summed E-state index contributed by atoms with van der Waals surface area (Å²) in [6.45, 7) is 3.81. The van der Waals surface area contributed by atoms with E-state index in [2.05, 4.69) is 25.6 Å². The van der Waals surface area contributed by atoms with E-state index in [1.807, 2.05) is 13.1 Å². The first kappa shape index (κ1) is 20.8. The van der Waals surface area contributed by atoms with Crippen molar-refractivity contribution in [2.45, 2.75) is 19.8 Å². The van der Waals surface area contributed by atoms with Gasteiger partial charge in [-0.2, -0.15) is 0 Å². The summed E-state index contributed by atoms with van der Waals surface area (Å²) in [7, 11) is 1.79. The van der Waals surface area contributed by atoms with Gasteiger partial charge in [-0.15, -0.1) is 5.10 Å². The maximum atomic E-state index is 15.1. The van der Waals surface area contributed by atoms with Crippen molar-refractivity contribution in [3.8, 4) is 11.1 Å². The molecule has 9 nitrogen and oxygen atoms in total. The van der Waals surface area contributed by atoms with Gasteiger partial charge in [0, 0.05) is 48.1 Å². The Kier molecular flexibility index (Phi) is 4.73. The average Bonchev–Trinajstić information content (AvgIpc) is 3.27. The number of hydrogen-bond donors (Lipinski definition) is 3. The highest BCUT2D eigenvalue weighted by Crippen LogP contribution is 2.53. The van der Waals surface area contributed by atoms with E-state index in [0.29, 0.717) is 39.0 Å². The van der Waals surface area contributed by atoms with Crippen LogP contribution in [0.2, 0.25) is 0 Å². The normalized spacial score (nSPS) is 19.6. The molecule has 1 fully saturated rings. The molecule has 33 heavy (non-hydrogen) atoms. The van der Waals surface area contributed by atoms with Crippen LogP contribution in [0.1, 0.15) is 24.1 Å². The van der Waals surface area contributed by atoms with Crippen molar-refractivity contribution >= 4 is 33.9 Å². The highest BCUT2D eigenvalue weighted by Gasteiger charge is 2.54. The number of halogens is 1. The molecule has 4 aromatic rings. The van der Waals surface area contributed by atoms with E-state index in [9.17, 15) is 4.79 Å². The highest BCUT2D eigenvalue weighted by atomic mass is 19.1. The van der Waals surface area contributed by atoms with Crippen LogP contribution in [0.15, 0.2) is 36.9 Å². The number of aryl methyl sites for hydroxylation is 1. The first-order chi connectivity index (χ1) is 15.8. The molecule has 10 heteroatoms. The molecular formula is C23H23FN8O. The number of nitrogens with one attached hydrogen (secondary N) is 1. The highest BCUT2D eigenvalue weighted by molar-refractivity contribution is 6.01. The van der Waals surface area contributed by atoms with Crippen LogP contribution < -0.4 is 16.8 Å². The lowest BCUT2D eigenvalue weighted by Crippen LogP contribution is -2.16. The Hall–Kier alpha value is -4.08. The van der Waals surface area contributed by atoms with E-state index in [4.69, 9.17) is 11.5 Å². The van der Waals surface area contributed by atoms with Crippen molar-refractivity contribution < 1.29 is 9.18 Å². The van der Waals surface area contributed by atoms with Crippen LogP contribution in [-0.4, -0.2) is 30.9 Å². The molecule has 1 aliphatic rings. The Bertz CT molecular complexity index is 1420. The third-order valence-electron chi connectivity index (χ3n) is 6.44. The number of carbonyl (C=O) groups excluding carboxylic acids is 1. The lowest BCUT2D eigenvalue weighted by molar-refractivity contribution is -0.117. The lowest BCUT2D eigenvalue weighted by Gasteiger charge is -2.13. The largest absolute Gasteiger partial charge is 0.397 e. The van der Waals surface area contributed by atoms with Crippen molar-refractivity contribution in [1.29, 1.82) is 0 Å². The van der Waals surface area contributed by atoms with Gasteiger partial charge in [0.2, 0.25) is 5.91 Å². The number of carbonyl (C=O) groups is 1. The number of nitrogens with zero attached hydrogens (tertiary/aromatic N) is 5. The van der Waals surface area contributed by atoms with Gasteiger partial charge >= 0.3 is 0 Å². The van der Waals surface area contributed by atoms with Crippen LogP contribution in [0.5, 0.6) is 0 Å². The van der Waals surface area contributed by atoms with Crippen LogP contribution in [0.3, 0.4) is 0 Å². The van der Waals surface area contributed by atoms with Gasteiger partial charge in [0.1, 0.15) is 5.82 Å². The van der Waals surface area contributed by atoms with Gasteiger partial charge < -0.3 is 16.8 Å². The molecule has 3 atom stereocenters. The lowest BCUT2D eigenvalue weighted by atomic mass is 9.97. The summed E-state index contributed by atoms with van der Waals surface area (Å²) >= 11 is 0. The number of amides is 1. The molecule has 0 spiro atoms. The summed E-state index contributed by atoms with van der Waals surface area (Å²) in [6.07, 6.45) is 6.37. The zero-order valence-electron chi connectivity index (χ0n) is 18.4. The topological polar surface area (TPSA) is 138 Å². The van der Waals surface area contributed by atoms with E-state index in [0.717, 1.165) is 5.69 Å². The van der Waals surface area contributed by atoms with Gasteiger partial charge in [0.05, 0.1) is 29.2 Å². The summed E-state index contributed by atoms with van der Waals surface area (Å²) in [6, 6.07) is 3.36. The predicted octanol–water partition coefficient (Wildman–Crippen LogP) is 3.03. The number of nitrogens with two attached hydrogens (primary N) is 2. The molecule has 1 aromatic carbocycles. The molecule has 3 heterocycles. The predicted molar refractivity (Wildman–Crippen MR) is 124 cm³/mol. The molecule has 1 amide bonds. The van der Waals surface area contributed by atoms with Crippen molar-refractivity contribution in [1.82, 2.24) is 25.0 Å². The Morgan fingerprint density at radius 1 is 1.18 bits per heavy atom. The van der Waals surface area contributed by atoms with E-state index in [-0.39, 0.29) is 29.3 Å². The molecule has 5 N–H and O–H groups in total. The fourth-order valence-corrected chi connectivity index (χ4v) is 4.42. The van der Waals surface area contributed by atoms with Gasteiger partial charge in [-0.05, 0) is 35.9 Å². The fraction of sp³-hybridized carbons (Fsp3) is 0.261. The number of benzene rings is 1. The third-order valence-corrected chi connectivity index (χ3v) is 6.44. The zero-order valence-corrected chi connectivity index (χ0v) is 18.4. The van der Waals surface area contributed by atoms with Gasteiger partial charge in [0.25, 0.3) is 0 Å². The van der Waals surface area contributed by atoms with Crippen LogP contribution in [-0.2, 0) is 11.8 Å². The first-order valence-corrected chi connectivity index (χ1v) is 10.5. The van der Waals surface area contributed by atoms with E-state index in [1.54, 1.807) is 37.0 Å². The number of anilines is 3.